The van der Waals surface area contributed by atoms with Crippen molar-refractivity contribution in [2.75, 3.05) is 10.6 Å². The molecular weight excluding hydrogens is 323 g/mol. The number of carbonyl (C=O) groups excluding carboxylic acids is 1. The van der Waals surface area contributed by atoms with Crippen molar-refractivity contribution in [1.29, 1.82) is 0 Å². The number of anilines is 2. The van der Waals surface area contributed by atoms with Gasteiger partial charge < -0.3 is 10.6 Å². The molecule has 2 rings (SSSR count). The number of hydrogen-bond acceptors (Lipinski definition) is 1. The van der Waals surface area contributed by atoms with E-state index in [4.69, 9.17) is 0 Å². The van der Waals surface area contributed by atoms with Crippen LogP contribution in [0.4, 0.5) is 20.6 Å². The fraction of sp³-hybridized carbons (Fsp3) is 0.133. The standard InChI is InChI=1S/C15H14BrFN2O/c1-9-6-13(7-10(2)14(9)16)19-15(20)18-12-5-3-4-11(17)8-12/h3-8H,1-2H3,(H2,18,19,20). The van der Waals surface area contributed by atoms with Crippen LogP contribution in [0.5, 0.6) is 0 Å². The van der Waals surface area contributed by atoms with Gasteiger partial charge in [0.05, 0.1) is 0 Å². The molecule has 0 fully saturated rings. The first-order chi connectivity index (χ1) is 9.45. The fourth-order valence-corrected chi connectivity index (χ4v) is 2.11. The van der Waals surface area contributed by atoms with Crippen LogP contribution in [0.25, 0.3) is 0 Å². The Morgan fingerprint density at radius 3 is 2.25 bits per heavy atom. The highest BCUT2D eigenvalue weighted by molar-refractivity contribution is 9.10. The van der Waals surface area contributed by atoms with Crippen LogP contribution in [0.1, 0.15) is 11.1 Å². The van der Waals surface area contributed by atoms with Crippen LogP contribution in [-0.4, -0.2) is 6.03 Å². The van der Waals surface area contributed by atoms with Gasteiger partial charge in [-0.05, 0) is 55.3 Å². The molecule has 20 heavy (non-hydrogen) atoms. The number of halogens is 2. The van der Waals surface area contributed by atoms with Gasteiger partial charge in [-0.3, -0.25) is 0 Å². The third-order valence-corrected chi connectivity index (χ3v) is 4.03. The Kier molecular flexibility index (Phi) is 4.39. The summed E-state index contributed by atoms with van der Waals surface area (Å²) >= 11 is 3.47. The molecule has 0 aliphatic rings. The zero-order valence-electron chi connectivity index (χ0n) is 11.1. The molecule has 3 nitrogen and oxygen atoms in total. The Labute approximate surface area is 125 Å². The average Bonchev–Trinajstić information content (AvgIpc) is 2.35. The van der Waals surface area contributed by atoms with Crippen LogP contribution in [-0.2, 0) is 0 Å². The molecule has 0 unspecified atom stereocenters. The quantitative estimate of drug-likeness (QED) is 0.808. The lowest BCUT2D eigenvalue weighted by Crippen LogP contribution is -2.19. The Morgan fingerprint density at radius 1 is 1.05 bits per heavy atom. The topological polar surface area (TPSA) is 41.1 Å². The van der Waals surface area contributed by atoms with E-state index in [1.165, 1.54) is 12.1 Å². The van der Waals surface area contributed by atoms with Crippen LogP contribution in [0.2, 0.25) is 0 Å². The van der Waals surface area contributed by atoms with Gasteiger partial charge >= 0.3 is 6.03 Å². The Balaban J connectivity index is 2.09. The lowest BCUT2D eigenvalue weighted by atomic mass is 10.1. The Bertz CT molecular complexity index is 635. The van der Waals surface area contributed by atoms with Gasteiger partial charge in [-0.1, -0.05) is 22.0 Å². The third kappa shape index (κ3) is 3.57. The summed E-state index contributed by atoms with van der Waals surface area (Å²) in [5.74, 6) is -0.391. The zero-order chi connectivity index (χ0) is 14.7. The molecule has 5 heteroatoms. The molecule has 0 aromatic heterocycles. The summed E-state index contributed by atoms with van der Waals surface area (Å²) in [6.45, 7) is 3.90. The first kappa shape index (κ1) is 14.5. The van der Waals surface area contributed by atoms with Crippen molar-refractivity contribution >= 4 is 33.3 Å². The molecule has 2 amide bonds. The lowest BCUT2D eigenvalue weighted by molar-refractivity contribution is 0.262. The van der Waals surface area contributed by atoms with E-state index in [0.717, 1.165) is 15.6 Å². The van der Waals surface area contributed by atoms with E-state index < -0.39 is 11.8 Å². The maximum absolute atomic E-state index is 13.0. The fourth-order valence-electron chi connectivity index (χ4n) is 1.88. The van der Waals surface area contributed by atoms with Crippen molar-refractivity contribution < 1.29 is 9.18 Å². The van der Waals surface area contributed by atoms with Crippen LogP contribution in [0.15, 0.2) is 40.9 Å². The number of aryl methyl sites for hydroxylation is 2. The molecule has 2 aromatic rings. The summed E-state index contributed by atoms with van der Waals surface area (Å²) < 4.78 is 14.0. The van der Waals surface area contributed by atoms with Gasteiger partial charge in [-0.25, -0.2) is 9.18 Å². The van der Waals surface area contributed by atoms with Gasteiger partial charge in [0, 0.05) is 15.8 Å². The van der Waals surface area contributed by atoms with E-state index in [9.17, 15) is 9.18 Å². The second-order valence-corrected chi connectivity index (χ2v) is 5.31. The number of carbonyl (C=O) groups is 1. The summed E-state index contributed by atoms with van der Waals surface area (Å²) in [6, 6.07) is 9.07. The van der Waals surface area contributed by atoms with Crippen LogP contribution >= 0.6 is 15.9 Å². The van der Waals surface area contributed by atoms with Gasteiger partial charge in [0.2, 0.25) is 0 Å². The van der Waals surface area contributed by atoms with E-state index in [0.29, 0.717) is 11.4 Å². The molecule has 0 spiro atoms. The van der Waals surface area contributed by atoms with E-state index in [1.807, 2.05) is 26.0 Å². The normalized spacial score (nSPS) is 10.2. The van der Waals surface area contributed by atoms with Gasteiger partial charge in [0.1, 0.15) is 5.82 Å². The van der Waals surface area contributed by atoms with E-state index in [1.54, 1.807) is 12.1 Å². The third-order valence-electron chi connectivity index (χ3n) is 2.78. The minimum Gasteiger partial charge on any atom is -0.308 e. The molecule has 0 heterocycles. The average molecular weight is 337 g/mol. The predicted octanol–water partition coefficient (Wildman–Crippen LogP) is 4.85. The predicted molar refractivity (Wildman–Crippen MR) is 82.7 cm³/mol. The number of amides is 2. The first-order valence-electron chi connectivity index (χ1n) is 6.06. The Hall–Kier alpha value is -1.88. The molecule has 0 aliphatic carbocycles. The Morgan fingerprint density at radius 2 is 1.65 bits per heavy atom. The maximum atomic E-state index is 13.0. The molecule has 0 saturated heterocycles. The van der Waals surface area contributed by atoms with Crippen molar-refractivity contribution in [3.8, 4) is 0 Å². The van der Waals surface area contributed by atoms with Crippen molar-refractivity contribution in [3.63, 3.8) is 0 Å². The van der Waals surface area contributed by atoms with Crippen molar-refractivity contribution in [2.24, 2.45) is 0 Å². The highest BCUT2D eigenvalue weighted by Crippen LogP contribution is 2.25. The SMILES string of the molecule is Cc1cc(NC(=O)Nc2cccc(F)c2)cc(C)c1Br. The largest absolute Gasteiger partial charge is 0.323 e. The molecule has 2 N–H and O–H groups in total. The van der Waals surface area contributed by atoms with Gasteiger partial charge in [-0.15, -0.1) is 0 Å². The minimum atomic E-state index is -0.406. The zero-order valence-corrected chi connectivity index (χ0v) is 12.7. The maximum Gasteiger partial charge on any atom is 0.323 e. The highest BCUT2D eigenvalue weighted by Gasteiger charge is 2.06. The van der Waals surface area contributed by atoms with Crippen molar-refractivity contribution in [3.05, 3.63) is 57.8 Å². The van der Waals surface area contributed by atoms with E-state index >= 15 is 0 Å². The second kappa shape index (κ2) is 6.05. The van der Waals surface area contributed by atoms with E-state index in [2.05, 4.69) is 26.6 Å². The number of nitrogens with one attached hydrogen (secondary N) is 2. The number of benzene rings is 2. The monoisotopic (exact) mass is 336 g/mol. The number of rotatable bonds is 2. The summed E-state index contributed by atoms with van der Waals surface area (Å²) in [6.07, 6.45) is 0. The van der Waals surface area contributed by atoms with Gasteiger partial charge in [0.25, 0.3) is 0 Å². The van der Waals surface area contributed by atoms with Gasteiger partial charge in [0.15, 0.2) is 0 Å². The molecule has 0 radical (unpaired) electrons. The summed E-state index contributed by atoms with van der Waals surface area (Å²) in [5.41, 5.74) is 3.17. The molecule has 0 aliphatic heterocycles. The lowest BCUT2D eigenvalue weighted by Gasteiger charge is -2.10. The molecule has 0 atom stereocenters. The smallest absolute Gasteiger partial charge is 0.308 e. The summed E-state index contributed by atoms with van der Waals surface area (Å²) in [5, 5.41) is 5.31. The van der Waals surface area contributed by atoms with Crippen LogP contribution in [0.3, 0.4) is 0 Å². The molecule has 0 saturated carbocycles. The molecule has 0 bridgehead atoms. The van der Waals surface area contributed by atoms with Crippen molar-refractivity contribution in [1.82, 2.24) is 0 Å². The first-order valence-corrected chi connectivity index (χ1v) is 6.85. The summed E-state index contributed by atoms with van der Waals surface area (Å²) in [4.78, 5) is 11.8. The number of urea groups is 1. The van der Waals surface area contributed by atoms with Crippen LogP contribution < -0.4 is 10.6 Å². The highest BCUT2D eigenvalue weighted by atomic mass is 79.9. The van der Waals surface area contributed by atoms with Crippen LogP contribution in [0, 0.1) is 19.7 Å². The van der Waals surface area contributed by atoms with Crippen molar-refractivity contribution in [2.45, 2.75) is 13.8 Å². The van der Waals surface area contributed by atoms with Gasteiger partial charge in [-0.2, -0.15) is 0 Å². The van der Waals surface area contributed by atoms with E-state index in [-0.39, 0.29) is 0 Å². The molecule has 104 valence electrons. The summed E-state index contributed by atoms with van der Waals surface area (Å²) in [7, 11) is 0. The molecule has 2 aromatic carbocycles. The minimum absolute atomic E-state index is 0.391. The number of hydrogen-bond donors (Lipinski definition) is 2. The second-order valence-electron chi connectivity index (χ2n) is 4.51. The molecular formula is C15H14BrFN2O.